The Labute approximate surface area is 255 Å². The number of carbonyl (C=O) groups is 1. The van der Waals surface area contributed by atoms with E-state index in [1.807, 2.05) is 6.92 Å². The van der Waals surface area contributed by atoms with Crippen LogP contribution >= 0.6 is 0 Å². The van der Waals surface area contributed by atoms with Gasteiger partial charge in [-0.25, -0.2) is 0 Å². The second kappa shape index (κ2) is 14.6. The zero-order chi connectivity index (χ0) is 31.2. The van der Waals surface area contributed by atoms with Crippen molar-refractivity contribution >= 4 is 22.6 Å². The summed E-state index contributed by atoms with van der Waals surface area (Å²) in [5, 5.41) is 0.339. The third-order valence-corrected chi connectivity index (χ3v) is 19.5. The fourth-order valence-electron chi connectivity index (χ4n) is 5.73. The van der Waals surface area contributed by atoms with E-state index in [0.717, 1.165) is 38.5 Å². The zero-order valence-electron chi connectivity index (χ0n) is 28.8. The first-order valence-corrected chi connectivity index (χ1v) is 21.8. The van der Waals surface area contributed by atoms with Gasteiger partial charge in [0.1, 0.15) is 0 Å². The molecule has 2 aliphatic rings. The van der Waals surface area contributed by atoms with Gasteiger partial charge in [0.25, 0.3) is 0 Å². The highest BCUT2D eigenvalue weighted by atomic mass is 28.4. The molecule has 4 nitrogen and oxygen atoms in total. The van der Waals surface area contributed by atoms with Gasteiger partial charge in [0.05, 0.1) is 19.3 Å². The molecule has 0 aliphatic heterocycles. The van der Waals surface area contributed by atoms with Crippen molar-refractivity contribution in [2.75, 3.05) is 7.11 Å². The summed E-state index contributed by atoms with van der Waals surface area (Å²) in [5.41, 5.74) is 1.56. The largest absolute Gasteiger partial charge is 0.469 e. The molecule has 0 radical (unpaired) electrons. The van der Waals surface area contributed by atoms with Gasteiger partial charge in [0.15, 0.2) is 16.6 Å². The fraction of sp³-hybridized carbons (Fsp3) is 0.800. The molecule has 41 heavy (non-hydrogen) atoms. The van der Waals surface area contributed by atoms with Crippen LogP contribution < -0.4 is 0 Å². The quantitative estimate of drug-likeness (QED) is 0.0733. The Bertz CT molecular complexity index is 986. The van der Waals surface area contributed by atoms with Crippen molar-refractivity contribution in [1.29, 1.82) is 0 Å². The predicted octanol–water partition coefficient (Wildman–Crippen LogP) is 9.69. The molecule has 0 amide bonds. The standard InChI is InChI=1S/C35H62O4Si2/c1-14-15-18-26(2)31(38-40(10,11)34(3,4)5)22-21-29-30-24-27(19-16-17-20-33(36)37-9)23-28(30)25-32(29)39-41(12,13)35(6,7)8/h19,21-22,26,28-32H,16-18,20,23-25H2,1-13H3/b22-21+,27-19+/t26-,28-,29+,30-,31+,32+/m0/s1. The number of esters is 1. The Balaban J connectivity index is 2.34. The Hall–Kier alpha value is -1.14. The van der Waals surface area contributed by atoms with Crippen molar-refractivity contribution in [3.05, 3.63) is 23.8 Å². The van der Waals surface area contributed by atoms with Crippen LogP contribution in [0.15, 0.2) is 23.8 Å². The lowest BCUT2D eigenvalue weighted by atomic mass is 9.89. The smallest absolute Gasteiger partial charge is 0.305 e. The molecule has 2 fully saturated rings. The first kappa shape index (κ1) is 36.1. The lowest BCUT2D eigenvalue weighted by Gasteiger charge is -2.41. The Morgan fingerprint density at radius 2 is 1.68 bits per heavy atom. The number of hydrogen-bond donors (Lipinski definition) is 0. The van der Waals surface area contributed by atoms with Gasteiger partial charge in [0.2, 0.25) is 0 Å². The van der Waals surface area contributed by atoms with Gasteiger partial charge in [-0.2, -0.15) is 0 Å². The van der Waals surface area contributed by atoms with E-state index in [9.17, 15) is 4.79 Å². The van der Waals surface area contributed by atoms with Crippen molar-refractivity contribution in [3.8, 4) is 11.8 Å². The molecule has 2 aliphatic carbocycles. The second-order valence-electron chi connectivity index (χ2n) is 15.7. The maximum absolute atomic E-state index is 11.5. The predicted molar refractivity (Wildman–Crippen MR) is 179 cm³/mol. The molecule has 0 aromatic carbocycles. The Morgan fingerprint density at radius 1 is 1.05 bits per heavy atom. The highest BCUT2D eigenvalue weighted by molar-refractivity contribution is 6.74. The molecule has 2 saturated carbocycles. The van der Waals surface area contributed by atoms with Gasteiger partial charge >= 0.3 is 5.97 Å². The average Bonchev–Trinajstić information content (AvgIpc) is 3.37. The summed E-state index contributed by atoms with van der Waals surface area (Å²) in [6, 6.07) is 0. The van der Waals surface area contributed by atoms with Gasteiger partial charge in [-0.1, -0.05) is 72.3 Å². The number of ether oxygens (including phenoxy) is 1. The fourth-order valence-corrected chi connectivity index (χ4v) is 8.44. The van der Waals surface area contributed by atoms with Gasteiger partial charge in [-0.15, -0.1) is 11.8 Å². The van der Waals surface area contributed by atoms with E-state index in [2.05, 4.69) is 105 Å². The molecule has 6 heteroatoms. The molecule has 0 saturated heterocycles. The van der Waals surface area contributed by atoms with E-state index in [1.54, 1.807) is 5.57 Å². The molecule has 0 N–H and O–H groups in total. The minimum Gasteiger partial charge on any atom is -0.469 e. The lowest BCUT2D eigenvalue weighted by molar-refractivity contribution is -0.140. The van der Waals surface area contributed by atoms with Crippen molar-refractivity contribution in [2.24, 2.45) is 23.7 Å². The summed E-state index contributed by atoms with van der Waals surface area (Å²) in [7, 11) is -2.40. The summed E-state index contributed by atoms with van der Waals surface area (Å²) < 4.78 is 19.0. The molecular formula is C35H62O4Si2. The van der Waals surface area contributed by atoms with Crippen LogP contribution in [-0.4, -0.2) is 41.9 Å². The molecule has 0 spiro atoms. The van der Waals surface area contributed by atoms with Gasteiger partial charge < -0.3 is 13.6 Å². The third-order valence-electron chi connectivity index (χ3n) is 10.5. The van der Waals surface area contributed by atoms with E-state index in [4.69, 9.17) is 13.6 Å². The van der Waals surface area contributed by atoms with Crippen LogP contribution in [0.3, 0.4) is 0 Å². The van der Waals surface area contributed by atoms with Gasteiger partial charge in [-0.3, -0.25) is 4.79 Å². The van der Waals surface area contributed by atoms with E-state index in [0.29, 0.717) is 30.1 Å². The summed E-state index contributed by atoms with van der Waals surface area (Å²) in [6.07, 6.45) is 14.2. The number of rotatable bonds is 12. The zero-order valence-corrected chi connectivity index (χ0v) is 30.8. The molecular weight excluding hydrogens is 541 g/mol. The highest BCUT2D eigenvalue weighted by Crippen LogP contribution is 2.53. The molecule has 0 aromatic rings. The lowest BCUT2D eigenvalue weighted by Crippen LogP contribution is -2.45. The van der Waals surface area contributed by atoms with Crippen LogP contribution in [0.4, 0.5) is 0 Å². The first-order chi connectivity index (χ1) is 18.8. The summed E-state index contributed by atoms with van der Waals surface area (Å²) in [4.78, 5) is 11.5. The van der Waals surface area contributed by atoms with Gasteiger partial charge in [0, 0.05) is 18.8 Å². The van der Waals surface area contributed by atoms with Crippen LogP contribution in [0.5, 0.6) is 0 Å². The van der Waals surface area contributed by atoms with Crippen LogP contribution in [0.25, 0.3) is 0 Å². The van der Waals surface area contributed by atoms with E-state index < -0.39 is 16.6 Å². The number of allylic oxidation sites excluding steroid dienone is 2. The van der Waals surface area contributed by atoms with Gasteiger partial charge in [-0.05, 0) is 93.0 Å². The van der Waals surface area contributed by atoms with Crippen LogP contribution in [0.1, 0.15) is 100 Å². The maximum Gasteiger partial charge on any atom is 0.305 e. The molecule has 0 bridgehead atoms. The minimum atomic E-state index is -1.96. The normalized spacial score (nSPS) is 26.1. The molecule has 0 aromatic heterocycles. The maximum atomic E-state index is 11.5. The minimum absolute atomic E-state index is 0.0547. The van der Waals surface area contributed by atoms with Crippen molar-refractivity contribution < 1.29 is 18.4 Å². The molecule has 2 rings (SSSR count). The van der Waals surface area contributed by atoms with Crippen LogP contribution in [0.2, 0.25) is 36.3 Å². The number of unbranched alkanes of at least 4 members (excludes halogenated alkanes) is 1. The van der Waals surface area contributed by atoms with E-state index in [1.165, 1.54) is 7.11 Å². The van der Waals surface area contributed by atoms with Crippen molar-refractivity contribution in [2.45, 2.75) is 149 Å². The molecule has 0 heterocycles. The average molecular weight is 603 g/mol. The monoisotopic (exact) mass is 602 g/mol. The number of methoxy groups -OCH3 is 1. The Kier molecular flexibility index (Phi) is 12.8. The number of carbonyl (C=O) groups excluding carboxylic acids is 1. The third kappa shape index (κ3) is 9.95. The van der Waals surface area contributed by atoms with Crippen LogP contribution in [-0.2, 0) is 18.4 Å². The van der Waals surface area contributed by atoms with E-state index in [-0.39, 0.29) is 28.3 Å². The van der Waals surface area contributed by atoms with Crippen LogP contribution in [0, 0.1) is 35.5 Å². The van der Waals surface area contributed by atoms with Crippen molar-refractivity contribution in [1.82, 2.24) is 0 Å². The molecule has 0 unspecified atom stereocenters. The SMILES string of the molecule is CC#CC[C@H](C)[C@@H](/C=C/[C@@H]1[C@H]2C/C(=C/CCCC(=O)OC)C[C@H]2C[C@H]1O[Si](C)(C)C(C)(C)C)O[Si](C)(C)C(C)(C)C. The Morgan fingerprint density at radius 3 is 2.24 bits per heavy atom. The molecule has 234 valence electrons. The first-order valence-electron chi connectivity index (χ1n) is 16.0. The topological polar surface area (TPSA) is 44.8 Å². The van der Waals surface area contributed by atoms with E-state index >= 15 is 0 Å². The van der Waals surface area contributed by atoms with Crippen molar-refractivity contribution in [3.63, 3.8) is 0 Å². The second-order valence-corrected chi connectivity index (χ2v) is 25.2. The highest BCUT2D eigenvalue weighted by Gasteiger charge is 2.50. The summed E-state index contributed by atoms with van der Waals surface area (Å²) in [6.45, 7) is 27.7. The summed E-state index contributed by atoms with van der Waals surface area (Å²) in [5.74, 6) is 8.28. The number of hydrogen-bond acceptors (Lipinski definition) is 4. The summed E-state index contributed by atoms with van der Waals surface area (Å²) >= 11 is 0. The number of fused-ring (bicyclic) bond motifs is 1. The molecule has 6 atom stereocenters.